The van der Waals surface area contributed by atoms with Crippen LogP contribution in [-0.2, 0) is 4.79 Å². The minimum absolute atomic E-state index is 0.0291. The summed E-state index contributed by atoms with van der Waals surface area (Å²) in [6.45, 7) is 10.4. The number of amides is 1. The van der Waals surface area contributed by atoms with Crippen molar-refractivity contribution < 1.29 is 4.79 Å². The van der Waals surface area contributed by atoms with Crippen LogP contribution in [0.1, 0.15) is 44.9 Å². The summed E-state index contributed by atoms with van der Waals surface area (Å²) in [5.74, 6) is 0.0291. The zero-order valence-electron chi connectivity index (χ0n) is 12.0. The van der Waals surface area contributed by atoms with E-state index in [0.29, 0.717) is 6.54 Å². The van der Waals surface area contributed by atoms with E-state index in [1.165, 1.54) is 11.1 Å². The Balaban J connectivity index is 2.44. The third kappa shape index (κ3) is 5.32. The molecule has 1 unspecified atom stereocenters. The van der Waals surface area contributed by atoms with E-state index < -0.39 is 0 Å². The van der Waals surface area contributed by atoms with Crippen LogP contribution in [0.5, 0.6) is 0 Å². The third-order valence-electron chi connectivity index (χ3n) is 2.66. The normalized spacial score (nSPS) is 13.2. The molecule has 1 aromatic rings. The maximum atomic E-state index is 11.7. The molecule has 0 aliphatic heterocycles. The average molecular weight is 248 g/mol. The van der Waals surface area contributed by atoms with Crippen molar-refractivity contribution in [2.45, 2.75) is 46.2 Å². The van der Waals surface area contributed by atoms with Crippen LogP contribution in [0.4, 0.5) is 0 Å². The lowest BCUT2D eigenvalue weighted by atomic mass is 10.1. The molecule has 0 spiro atoms. The average Bonchev–Trinajstić information content (AvgIpc) is 2.24. The van der Waals surface area contributed by atoms with Crippen LogP contribution >= 0.6 is 0 Å². The molecule has 0 saturated carbocycles. The summed E-state index contributed by atoms with van der Waals surface area (Å²) < 4.78 is 0. The van der Waals surface area contributed by atoms with Crippen molar-refractivity contribution in [1.82, 2.24) is 10.6 Å². The van der Waals surface area contributed by atoms with Crippen molar-refractivity contribution in [3.8, 4) is 0 Å². The van der Waals surface area contributed by atoms with Gasteiger partial charge in [0, 0.05) is 11.6 Å². The fourth-order valence-electron chi connectivity index (χ4n) is 1.68. The van der Waals surface area contributed by atoms with Gasteiger partial charge in [-0.25, -0.2) is 0 Å². The van der Waals surface area contributed by atoms with Crippen LogP contribution in [0, 0.1) is 6.92 Å². The summed E-state index contributed by atoms with van der Waals surface area (Å²) in [4.78, 5) is 11.7. The Bertz CT molecular complexity index is 390. The Hall–Kier alpha value is -1.35. The van der Waals surface area contributed by atoms with Gasteiger partial charge in [0.2, 0.25) is 5.91 Å². The minimum Gasteiger partial charge on any atom is -0.350 e. The molecule has 3 nitrogen and oxygen atoms in total. The van der Waals surface area contributed by atoms with E-state index in [1.54, 1.807) is 0 Å². The first-order valence-electron chi connectivity index (χ1n) is 6.39. The molecular formula is C15H24N2O. The number of benzene rings is 1. The number of nitrogens with one attached hydrogen (secondary N) is 2. The summed E-state index contributed by atoms with van der Waals surface area (Å²) in [6, 6.07) is 8.53. The van der Waals surface area contributed by atoms with Gasteiger partial charge < -0.3 is 10.6 Å². The lowest BCUT2D eigenvalue weighted by Gasteiger charge is -2.21. The van der Waals surface area contributed by atoms with Crippen LogP contribution in [0.25, 0.3) is 0 Å². The van der Waals surface area contributed by atoms with Crippen molar-refractivity contribution in [2.24, 2.45) is 0 Å². The first-order chi connectivity index (χ1) is 8.28. The number of carbonyl (C=O) groups excluding carboxylic acids is 1. The van der Waals surface area contributed by atoms with Crippen molar-refractivity contribution in [3.63, 3.8) is 0 Å². The van der Waals surface area contributed by atoms with Crippen LogP contribution in [0.2, 0.25) is 0 Å². The smallest absolute Gasteiger partial charge is 0.234 e. The summed E-state index contributed by atoms with van der Waals surface area (Å²) >= 11 is 0. The molecule has 0 bridgehead atoms. The monoisotopic (exact) mass is 248 g/mol. The van der Waals surface area contributed by atoms with Crippen LogP contribution < -0.4 is 10.6 Å². The third-order valence-corrected chi connectivity index (χ3v) is 2.66. The summed E-state index contributed by atoms with van der Waals surface area (Å²) in [7, 11) is 0. The highest BCUT2D eigenvalue weighted by Crippen LogP contribution is 2.12. The van der Waals surface area contributed by atoms with Gasteiger partial charge >= 0.3 is 0 Å². The van der Waals surface area contributed by atoms with E-state index in [0.717, 1.165) is 0 Å². The molecule has 0 heterocycles. The lowest BCUT2D eigenvalue weighted by Crippen LogP contribution is -2.45. The van der Waals surface area contributed by atoms with E-state index in [-0.39, 0.29) is 17.5 Å². The maximum absolute atomic E-state index is 11.7. The molecule has 1 atom stereocenters. The van der Waals surface area contributed by atoms with Gasteiger partial charge in [0.15, 0.2) is 0 Å². The minimum atomic E-state index is -0.175. The highest BCUT2D eigenvalue weighted by atomic mass is 16.2. The van der Waals surface area contributed by atoms with Gasteiger partial charge in [-0.3, -0.25) is 4.79 Å². The molecular weight excluding hydrogens is 224 g/mol. The van der Waals surface area contributed by atoms with Crippen molar-refractivity contribution in [3.05, 3.63) is 35.4 Å². The van der Waals surface area contributed by atoms with Gasteiger partial charge in [-0.15, -0.1) is 0 Å². The molecule has 1 amide bonds. The second-order valence-electron chi connectivity index (χ2n) is 5.81. The highest BCUT2D eigenvalue weighted by Gasteiger charge is 2.14. The van der Waals surface area contributed by atoms with Gasteiger partial charge in [0.1, 0.15) is 0 Å². The van der Waals surface area contributed by atoms with Gasteiger partial charge in [-0.2, -0.15) is 0 Å². The number of hydrogen-bond acceptors (Lipinski definition) is 2. The van der Waals surface area contributed by atoms with Crippen LogP contribution in [-0.4, -0.2) is 18.0 Å². The Morgan fingerprint density at radius 3 is 2.28 bits per heavy atom. The van der Waals surface area contributed by atoms with Crippen molar-refractivity contribution in [1.29, 1.82) is 0 Å². The molecule has 0 fully saturated rings. The molecule has 18 heavy (non-hydrogen) atoms. The first-order valence-corrected chi connectivity index (χ1v) is 6.39. The van der Waals surface area contributed by atoms with E-state index in [4.69, 9.17) is 0 Å². The predicted molar refractivity (Wildman–Crippen MR) is 75.5 cm³/mol. The van der Waals surface area contributed by atoms with E-state index in [9.17, 15) is 4.79 Å². The SMILES string of the molecule is Cc1ccc(C(C)NCC(=O)NC(C)(C)C)cc1. The van der Waals surface area contributed by atoms with Crippen LogP contribution in [0.15, 0.2) is 24.3 Å². The molecule has 2 N–H and O–H groups in total. The topological polar surface area (TPSA) is 41.1 Å². The zero-order valence-corrected chi connectivity index (χ0v) is 12.0. The van der Waals surface area contributed by atoms with Gasteiger partial charge in [-0.05, 0) is 40.2 Å². The summed E-state index contributed by atoms with van der Waals surface area (Å²) in [6.07, 6.45) is 0. The largest absolute Gasteiger partial charge is 0.350 e. The van der Waals surface area contributed by atoms with E-state index >= 15 is 0 Å². The first kappa shape index (κ1) is 14.7. The number of hydrogen-bond donors (Lipinski definition) is 2. The highest BCUT2D eigenvalue weighted by molar-refractivity contribution is 5.78. The molecule has 1 aromatic carbocycles. The van der Waals surface area contributed by atoms with E-state index in [1.807, 2.05) is 20.8 Å². The Labute approximate surface area is 110 Å². The molecule has 0 aliphatic carbocycles. The fourth-order valence-corrected chi connectivity index (χ4v) is 1.68. The van der Waals surface area contributed by atoms with Crippen molar-refractivity contribution >= 4 is 5.91 Å². The maximum Gasteiger partial charge on any atom is 0.234 e. The molecule has 3 heteroatoms. The van der Waals surface area contributed by atoms with Gasteiger partial charge in [0.05, 0.1) is 6.54 Å². The number of rotatable bonds is 4. The fraction of sp³-hybridized carbons (Fsp3) is 0.533. The summed E-state index contributed by atoms with van der Waals surface area (Å²) in [5, 5.41) is 6.16. The quantitative estimate of drug-likeness (QED) is 0.860. The van der Waals surface area contributed by atoms with E-state index in [2.05, 4.69) is 48.7 Å². The van der Waals surface area contributed by atoms with Gasteiger partial charge in [0.25, 0.3) is 0 Å². The molecule has 1 rings (SSSR count). The van der Waals surface area contributed by atoms with Crippen LogP contribution in [0.3, 0.4) is 0 Å². The van der Waals surface area contributed by atoms with Crippen molar-refractivity contribution in [2.75, 3.05) is 6.54 Å². The number of carbonyl (C=O) groups is 1. The molecule has 0 saturated heterocycles. The predicted octanol–water partition coefficient (Wildman–Crippen LogP) is 2.56. The Kier molecular flexibility index (Phi) is 4.91. The standard InChI is InChI=1S/C15H24N2O/c1-11-6-8-13(9-7-11)12(2)16-10-14(18)17-15(3,4)5/h6-9,12,16H,10H2,1-5H3,(H,17,18). The Morgan fingerprint density at radius 1 is 1.22 bits per heavy atom. The second-order valence-corrected chi connectivity index (χ2v) is 5.81. The van der Waals surface area contributed by atoms with Gasteiger partial charge in [-0.1, -0.05) is 29.8 Å². The molecule has 100 valence electrons. The molecule has 0 aromatic heterocycles. The summed E-state index contributed by atoms with van der Waals surface area (Å²) in [5.41, 5.74) is 2.27. The second kappa shape index (κ2) is 6.01. The molecule has 0 radical (unpaired) electrons. The Morgan fingerprint density at radius 2 is 1.78 bits per heavy atom. The number of aryl methyl sites for hydroxylation is 1. The zero-order chi connectivity index (χ0) is 13.8. The lowest BCUT2D eigenvalue weighted by molar-refractivity contribution is -0.121. The molecule has 0 aliphatic rings.